The largest absolute Gasteiger partial charge is 0.0985 e. The fraction of sp³-hybridized carbons (Fsp3) is 0.750. The molecule has 0 aliphatic heterocycles. The summed E-state index contributed by atoms with van der Waals surface area (Å²) >= 11 is 3.47. The zero-order valence-electron chi connectivity index (χ0n) is 11.3. The van der Waals surface area contributed by atoms with E-state index in [9.17, 15) is 0 Å². The van der Waals surface area contributed by atoms with Crippen molar-refractivity contribution >= 4 is 15.9 Å². The highest BCUT2D eigenvalue weighted by Gasteiger charge is 1.91. The Morgan fingerprint density at radius 2 is 1.47 bits per heavy atom. The minimum absolute atomic E-state index is 1.07. The zero-order valence-corrected chi connectivity index (χ0v) is 12.9. The lowest BCUT2D eigenvalue weighted by atomic mass is 10.1. The van der Waals surface area contributed by atoms with Gasteiger partial charge in [0.15, 0.2) is 0 Å². The highest BCUT2D eigenvalue weighted by Crippen LogP contribution is 2.09. The van der Waals surface area contributed by atoms with Crippen molar-refractivity contribution < 1.29 is 0 Å². The molecule has 0 fully saturated rings. The highest BCUT2D eigenvalue weighted by atomic mass is 79.9. The molecule has 0 amide bonds. The molecule has 0 N–H and O–H groups in total. The molecule has 0 atom stereocenters. The molecule has 0 spiro atoms. The van der Waals surface area contributed by atoms with Gasteiger partial charge in [-0.05, 0) is 25.3 Å². The smallest absolute Gasteiger partial charge is 0.00922 e. The van der Waals surface area contributed by atoms with Crippen molar-refractivity contribution in [3.63, 3.8) is 0 Å². The maximum Gasteiger partial charge on any atom is 0.00922 e. The number of alkyl halides is 1. The molecular weight excluding hydrogens is 272 g/mol. The lowest BCUT2D eigenvalue weighted by Gasteiger charge is -1.99. The first kappa shape index (κ1) is 16.8. The van der Waals surface area contributed by atoms with Crippen molar-refractivity contribution in [3.05, 3.63) is 12.2 Å². The molecule has 0 aromatic carbocycles. The second-order valence-corrected chi connectivity index (χ2v) is 5.19. The van der Waals surface area contributed by atoms with Crippen molar-refractivity contribution in [2.75, 3.05) is 5.33 Å². The third kappa shape index (κ3) is 15.8. The van der Waals surface area contributed by atoms with Crippen LogP contribution in [-0.2, 0) is 0 Å². The third-order valence-electron chi connectivity index (χ3n) is 2.72. The molecule has 17 heavy (non-hydrogen) atoms. The Balaban J connectivity index is 3.07. The molecular formula is C16H27Br. The molecule has 0 aromatic heterocycles. The van der Waals surface area contributed by atoms with Crippen LogP contribution in [0.5, 0.6) is 0 Å². The Bertz CT molecular complexity index is 219. The monoisotopic (exact) mass is 298 g/mol. The number of unbranched alkanes of at least 4 members (excludes halogenated alkanes) is 8. The van der Waals surface area contributed by atoms with Gasteiger partial charge >= 0.3 is 0 Å². The van der Waals surface area contributed by atoms with Gasteiger partial charge in [0.05, 0.1) is 0 Å². The summed E-state index contributed by atoms with van der Waals surface area (Å²) in [5, 5.41) is 1.16. The van der Waals surface area contributed by atoms with E-state index in [0.29, 0.717) is 0 Å². The van der Waals surface area contributed by atoms with Crippen LogP contribution >= 0.6 is 15.9 Å². The first-order valence-corrected chi connectivity index (χ1v) is 8.23. The SMILES string of the molecule is CCC=CC#CCCCCCCCCCCBr. The topological polar surface area (TPSA) is 0 Å². The summed E-state index contributed by atoms with van der Waals surface area (Å²) in [6.07, 6.45) is 17.2. The van der Waals surface area contributed by atoms with Gasteiger partial charge in [-0.15, -0.1) is 0 Å². The molecule has 0 rings (SSSR count). The number of hydrogen-bond acceptors (Lipinski definition) is 0. The maximum atomic E-state index is 3.47. The lowest BCUT2D eigenvalue weighted by Crippen LogP contribution is -1.81. The molecule has 0 nitrogen and oxygen atoms in total. The van der Waals surface area contributed by atoms with Crippen molar-refractivity contribution in [2.45, 2.75) is 71.1 Å². The van der Waals surface area contributed by atoms with Crippen LogP contribution in [0.25, 0.3) is 0 Å². The second-order valence-electron chi connectivity index (χ2n) is 4.40. The average Bonchev–Trinajstić information content (AvgIpc) is 2.35. The minimum Gasteiger partial charge on any atom is -0.0985 e. The number of rotatable bonds is 10. The van der Waals surface area contributed by atoms with Gasteiger partial charge in [0, 0.05) is 11.8 Å². The Labute approximate surface area is 116 Å². The van der Waals surface area contributed by atoms with Crippen molar-refractivity contribution in [2.24, 2.45) is 0 Å². The fourth-order valence-electron chi connectivity index (χ4n) is 1.68. The van der Waals surface area contributed by atoms with Crippen molar-refractivity contribution in [1.29, 1.82) is 0 Å². The first-order chi connectivity index (χ1) is 8.41. The molecule has 0 saturated carbocycles. The van der Waals surface area contributed by atoms with Crippen LogP contribution in [0.15, 0.2) is 12.2 Å². The van der Waals surface area contributed by atoms with Gasteiger partial charge in [0.25, 0.3) is 0 Å². The molecule has 0 aliphatic carbocycles. The van der Waals surface area contributed by atoms with Crippen LogP contribution in [0.2, 0.25) is 0 Å². The fourth-order valence-corrected chi connectivity index (χ4v) is 2.07. The lowest BCUT2D eigenvalue weighted by molar-refractivity contribution is 0.580. The van der Waals surface area contributed by atoms with Crippen LogP contribution in [0, 0.1) is 11.8 Å². The predicted octanol–water partition coefficient (Wildman–Crippen LogP) is 5.86. The number of halogens is 1. The summed E-state index contributed by atoms with van der Waals surface area (Å²) in [5.41, 5.74) is 0. The molecule has 0 heterocycles. The van der Waals surface area contributed by atoms with Crippen molar-refractivity contribution in [1.82, 2.24) is 0 Å². The summed E-state index contributed by atoms with van der Waals surface area (Å²) in [6.45, 7) is 2.13. The van der Waals surface area contributed by atoms with Crippen LogP contribution < -0.4 is 0 Å². The van der Waals surface area contributed by atoms with Gasteiger partial charge in [0.1, 0.15) is 0 Å². The minimum atomic E-state index is 1.07. The van der Waals surface area contributed by atoms with Gasteiger partial charge in [-0.2, -0.15) is 0 Å². The first-order valence-electron chi connectivity index (χ1n) is 7.11. The second kappa shape index (κ2) is 15.8. The standard InChI is InChI=1S/C16H27Br/c1-2-3-4-5-6-7-8-9-10-11-12-13-14-15-16-17/h3-4H,2,7-16H2,1H3. The molecule has 0 saturated heterocycles. The normalized spacial score (nSPS) is 10.5. The van der Waals surface area contributed by atoms with E-state index in [-0.39, 0.29) is 0 Å². The van der Waals surface area contributed by atoms with Gasteiger partial charge in [-0.1, -0.05) is 79.3 Å². The van der Waals surface area contributed by atoms with E-state index >= 15 is 0 Å². The zero-order chi connectivity index (χ0) is 12.6. The predicted molar refractivity (Wildman–Crippen MR) is 82.6 cm³/mol. The van der Waals surface area contributed by atoms with Gasteiger partial charge in [0.2, 0.25) is 0 Å². The van der Waals surface area contributed by atoms with E-state index in [1.54, 1.807) is 0 Å². The molecule has 1 heteroatoms. The summed E-state index contributed by atoms with van der Waals surface area (Å²) in [6, 6.07) is 0. The molecule has 0 radical (unpaired) electrons. The molecule has 0 aliphatic rings. The summed E-state index contributed by atoms with van der Waals surface area (Å²) in [5.74, 6) is 6.27. The summed E-state index contributed by atoms with van der Waals surface area (Å²) in [4.78, 5) is 0. The van der Waals surface area contributed by atoms with E-state index < -0.39 is 0 Å². The number of allylic oxidation sites excluding steroid dienone is 2. The van der Waals surface area contributed by atoms with E-state index in [4.69, 9.17) is 0 Å². The van der Waals surface area contributed by atoms with Gasteiger partial charge in [-0.25, -0.2) is 0 Å². The van der Waals surface area contributed by atoms with E-state index in [2.05, 4.69) is 40.8 Å². The maximum absolute atomic E-state index is 3.47. The Kier molecular flexibility index (Phi) is 15.6. The summed E-state index contributed by atoms with van der Waals surface area (Å²) in [7, 11) is 0. The molecule has 0 aromatic rings. The van der Waals surface area contributed by atoms with Gasteiger partial charge in [-0.3, -0.25) is 0 Å². The molecule has 98 valence electrons. The van der Waals surface area contributed by atoms with Gasteiger partial charge < -0.3 is 0 Å². The average molecular weight is 299 g/mol. The van der Waals surface area contributed by atoms with Crippen LogP contribution in [0.4, 0.5) is 0 Å². The third-order valence-corrected chi connectivity index (χ3v) is 3.29. The van der Waals surface area contributed by atoms with Crippen LogP contribution in [0.3, 0.4) is 0 Å². The quantitative estimate of drug-likeness (QED) is 0.269. The molecule has 0 unspecified atom stereocenters. The number of hydrogen-bond donors (Lipinski definition) is 0. The van der Waals surface area contributed by atoms with Crippen LogP contribution in [0.1, 0.15) is 71.1 Å². The Morgan fingerprint density at radius 1 is 0.882 bits per heavy atom. The summed E-state index contributed by atoms with van der Waals surface area (Å²) < 4.78 is 0. The Hall–Kier alpha value is -0.220. The van der Waals surface area contributed by atoms with E-state index in [1.165, 1.54) is 51.4 Å². The Morgan fingerprint density at radius 3 is 2.06 bits per heavy atom. The highest BCUT2D eigenvalue weighted by molar-refractivity contribution is 9.09. The molecule has 0 bridgehead atoms. The van der Waals surface area contributed by atoms with Crippen LogP contribution in [-0.4, -0.2) is 5.33 Å². The van der Waals surface area contributed by atoms with E-state index in [0.717, 1.165) is 18.2 Å². The van der Waals surface area contributed by atoms with Crippen molar-refractivity contribution in [3.8, 4) is 11.8 Å². The van der Waals surface area contributed by atoms with E-state index in [1.807, 2.05) is 6.08 Å².